The molecule has 9 nitrogen and oxygen atoms in total. The highest BCUT2D eigenvalue weighted by Crippen LogP contribution is 2.39. The van der Waals surface area contributed by atoms with E-state index in [-0.39, 0.29) is 24.9 Å². The number of hydrogen-bond donors (Lipinski definition) is 3. The Morgan fingerprint density at radius 3 is 2.28 bits per heavy atom. The van der Waals surface area contributed by atoms with Crippen molar-refractivity contribution in [1.82, 2.24) is 10.2 Å². The molecule has 0 aromatic heterocycles. The molecule has 5 rings (SSSR count). The van der Waals surface area contributed by atoms with Gasteiger partial charge in [0.2, 0.25) is 0 Å². The second kappa shape index (κ2) is 16.3. The van der Waals surface area contributed by atoms with Crippen molar-refractivity contribution >= 4 is 17.7 Å². The summed E-state index contributed by atoms with van der Waals surface area (Å²) in [5, 5.41) is 15.1. The molecule has 0 bridgehead atoms. The van der Waals surface area contributed by atoms with Gasteiger partial charge in [-0.1, -0.05) is 97.1 Å². The molecule has 2 amide bonds. The average Bonchev–Trinajstić information content (AvgIpc) is 3.11. The van der Waals surface area contributed by atoms with Crippen LogP contribution in [0.15, 0.2) is 109 Å². The second-order valence-electron chi connectivity index (χ2n) is 11.9. The summed E-state index contributed by atoms with van der Waals surface area (Å²) >= 11 is 0. The Morgan fingerprint density at radius 1 is 0.894 bits per heavy atom. The lowest BCUT2D eigenvalue weighted by atomic mass is 9.99. The number of esters is 1. The molecular formula is C38H43N3O6. The summed E-state index contributed by atoms with van der Waals surface area (Å²) in [6, 6.07) is 33.7. The molecule has 1 heterocycles. The van der Waals surface area contributed by atoms with Gasteiger partial charge in [-0.15, -0.1) is 0 Å². The molecule has 4 aromatic rings. The van der Waals surface area contributed by atoms with E-state index in [1.165, 1.54) is 12.7 Å². The number of methoxy groups -OCH3 is 1. The largest absolute Gasteiger partial charge is 0.467 e. The van der Waals surface area contributed by atoms with Crippen molar-refractivity contribution in [2.24, 2.45) is 0 Å². The number of amides is 2. The first kappa shape index (κ1) is 33.8. The summed E-state index contributed by atoms with van der Waals surface area (Å²) in [5.74, 6) is -0.530. The van der Waals surface area contributed by atoms with Gasteiger partial charge in [0.15, 0.2) is 6.29 Å². The number of aliphatic hydroxyl groups is 1. The topological polar surface area (TPSA) is 109 Å². The van der Waals surface area contributed by atoms with E-state index < -0.39 is 24.3 Å². The molecule has 4 aromatic carbocycles. The third-order valence-corrected chi connectivity index (χ3v) is 8.54. The van der Waals surface area contributed by atoms with Crippen molar-refractivity contribution in [3.8, 4) is 0 Å². The van der Waals surface area contributed by atoms with Crippen LogP contribution in [0.1, 0.15) is 59.6 Å². The predicted molar refractivity (Wildman–Crippen MR) is 180 cm³/mol. The molecule has 9 heteroatoms. The summed E-state index contributed by atoms with van der Waals surface area (Å²) < 4.78 is 18.0. The van der Waals surface area contributed by atoms with Gasteiger partial charge in [-0.3, -0.25) is 4.90 Å². The molecule has 5 atom stereocenters. The van der Waals surface area contributed by atoms with Gasteiger partial charge >= 0.3 is 12.0 Å². The van der Waals surface area contributed by atoms with E-state index in [1.54, 1.807) is 6.07 Å². The Hall–Kier alpha value is -4.54. The van der Waals surface area contributed by atoms with Crippen LogP contribution in [0.25, 0.3) is 0 Å². The predicted octanol–water partition coefficient (Wildman–Crippen LogP) is 6.32. The van der Waals surface area contributed by atoms with Crippen molar-refractivity contribution in [2.75, 3.05) is 26.0 Å². The van der Waals surface area contributed by atoms with Gasteiger partial charge in [0.05, 0.1) is 25.9 Å². The van der Waals surface area contributed by atoms with Gasteiger partial charge in [-0.2, -0.15) is 0 Å². The van der Waals surface area contributed by atoms with Crippen LogP contribution in [-0.2, 0) is 32.0 Å². The van der Waals surface area contributed by atoms with E-state index in [1.807, 2.05) is 91.0 Å². The van der Waals surface area contributed by atoms with Crippen molar-refractivity contribution < 1.29 is 28.9 Å². The number of carbonyl (C=O) groups is 2. The Bertz CT molecular complexity index is 1580. The lowest BCUT2D eigenvalue weighted by Gasteiger charge is -2.39. The maximum Gasteiger partial charge on any atom is 0.328 e. The number of likely N-dealkylation sites (N-methyl/N-ethyl adjacent to an activating group) is 1. The highest BCUT2D eigenvalue weighted by molar-refractivity contribution is 5.92. The maximum absolute atomic E-state index is 13.0. The van der Waals surface area contributed by atoms with Gasteiger partial charge in [-0.25, -0.2) is 9.59 Å². The van der Waals surface area contributed by atoms with Gasteiger partial charge in [-0.05, 0) is 48.4 Å². The van der Waals surface area contributed by atoms with Crippen LogP contribution in [0.2, 0.25) is 0 Å². The van der Waals surface area contributed by atoms with E-state index in [4.69, 9.17) is 14.2 Å². The van der Waals surface area contributed by atoms with Gasteiger partial charge < -0.3 is 30.0 Å². The molecule has 0 spiro atoms. The van der Waals surface area contributed by atoms with Crippen LogP contribution < -0.4 is 10.6 Å². The van der Waals surface area contributed by atoms with Crippen LogP contribution in [-0.4, -0.2) is 54.9 Å². The summed E-state index contributed by atoms with van der Waals surface area (Å²) in [4.78, 5) is 27.8. The molecule has 3 N–H and O–H groups in total. The highest BCUT2D eigenvalue weighted by atomic mass is 16.7. The fourth-order valence-corrected chi connectivity index (χ4v) is 5.77. The fourth-order valence-electron chi connectivity index (χ4n) is 5.77. The molecule has 0 radical (unpaired) electrons. The first-order chi connectivity index (χ1) is 22.8. The number of urea groups is 1. The Morgan fingerprint density at radius 2 is 1.60 bits per heavy atom. The molecular weight excluding hydrogens is 594 g/mol. The van der Waals surface area contributed by atoms with Crippen molar-refractivity contribution in [3.05, 3.63) is 137 Å². The number of anilines is 1. The van der Waals surface area contributed by atoms with E-state index >= 15 is 0 Å². The molecule has 0 aliphatic carbocycles. The first-order valence-corrected chi connectivity index (χ1v) is 15.9. The third-order valence-electron chi connectivity index (χ3n) is 8.54. The maximum atomic E-state index is 13.0. The van der Waals surface area contributed by atoms with Crippen LogP contribution in [0.4, 0.5) is 10.5 Å². The third kappa shape index (κ3) is 9.27. The lowest BCUT2D eigenvalue weighted by molar-refractivity contribution is -0.253. The number of nitrogens with zero attached hydrogens (tertiary/aromatic N) is 1. The molecule has 47 heavy (non-hydrogen) atoms. The van der Waals surface area contributed by atoms with Crippen molar-refractivity contribution in [3.63, 3.8) is 0 Å². The standard InChI is InChI=1S/C38H43N3O6/c1-26(29-13-8-5-9-14-29)41(2)24-33-23-35(30-19-17-28(25-42)18-20-30)47-37(46-33)31-15-10-16-32(22-31)39-38(44)40-34(36(43)45-3)21-27-11-6-4-7-12-27/h4-20,22,26,33-35,37,42H,21,23-25H2,1-3H3,(H2,39,40,44)/t26-,33+,34-,35-,37-/m0/s1. The van der Waals surface area contributed by atoms with Crippen LogP contribution in [0, 0.1) is 0 Å². The molecule has 1 saturated heterocycles. The zero-order chi connectivity index (χ0) is 33.2. The normalized spacial score (nSPS) is 19.0. The Kier molecular flexibility index (Phi) is 11.8. The minimum Gasteiger partial charge on any atom is -0.467 e. The number of hydrogen-bond acceptors (Lipinski definition) is 7. The fraction of sp³-hybridized carbons (Fsp3) is 0.316. The number of carbonyl (C=O) groups excluding carboxylic acids is 2. The molecule has 0 unspecified atom stereocenters. The minimum absolute atomic E-state index is 0.0255. The van der Waals surface area contributed by atoms with E-state index in [0.29, 0.717) is 25.1 Å². The average molecular weight is 638 g/mol. The number of benzene rings is 4. The summed E-state index contributed by atoms with van der Waals surface area (Å²) in [7, 11) is 3.40. The van der Waals surface area contributed by atoms with E-state index in [9.17, 15) is 14.7 Å². The monoisotopic (exact) mass is 637 g/mol. The smallest absolute Gasteiger partial charge is 0.328 e. The SMILES string of the molecule is COC(=O)[C@H](Cc1ccccc1)NC(=O)Nc1cccc([C@H]2O[C@@H](CN(C)[C@@H](C)c3ccccc3)C[C@@H](c3ccc(CO)cc3)O2)c1. The van der Waals surface area contributed by atoms with E-state index in [0.717, 1.165) is 22.3 Å². The molecule has 0 saturated carbocycles. The van der Waals surface area contributed by atoms with Gasteiger partial charge in [0.1, 0.15) is 6.04 Å². The highest BCUT2D eigenvalue weighted by Gasteiger charge is 2.33. The Balaban J connectivity index is 1.31. The zero-order valence-electron chi connectivity index (χ0n) is 27.0. The summed E-state index contributed by atoms with van der Waals surface area (Å²) in [6.07, 6.45) is -0.138. The Labute approximate surface area is 276 Å². The van der Waals surface area contributed by atoms with Crippen molar-refractivity contribution in [1.29, 1.82) is 0 Å². The van der Waals surface area contributed by atoms with Crippen LogP contribution in [0.5, 0.6) is 0 Å². The summed E-state index contributed by atoms with van der Waals surface area (Å²) in [6.45, 7) is 2.84. The number of ether oxygens (including phenoxy) is 3. The lowest BCUT2D eigenvalue weighted by Crippen LogP contribution is -2.45. The first-order valence-electron chi connectivity index (χ1n) is 15.9. The number of rotatable bonds is 12. The van der Waals surface area contributed by atoms with Crippen LogP contribution >= 0.6 is 0 Å². The second-order valence-corrected chi connectivity index (χ2v) is 11.9. The molecule has 246 valence electrons. The van der Waals surface area contributed by atoms with E-state index in [2.05, 4.69) is 41.6 Å². The molecule has 1 aliphatic rings. The van der Waals surface area contributed by atoms with Crippen LogP contribution in [0.3, 0.4) is 0 Å². The quantitative estimate of drug-likeness (QED) is 0.156. The van der Waals surface area contributed by atoms with Gasteiger partial charge in [0, 0.05) is 36.7 Å². The van der Waals surface area contributed by atoms with Gasteiger partial charge in [0.25, 0.3) is 0 Å². The number of nitrogens with one attached hydrogen (secondary N) is 2. The number of aliphatic hydroxyl groups excluding tert-OH is 1. The molecule has 1 aliphatic heterocycles. The zero-order valence-corrected chi connectivity index (χ0v) is 27.0. The van der Waals surface area contributed by atoms with Crippen molar-refractivity contribution in [2.45, 2.75) is 57.0 Å². The summed E-state index contributed by atoms with van der Waals surface area (Å²) in [5.41, 5.74) is 5.23. The molecule has 1 fully saturated rings. The minimum atomic E-state index is -0.857.